The van der Waals surface area contributed by atoms with Gasteiger partial charge in [0.05, 0.1) is 25.4 Å². The number of aliphatic hydroxyl groups is 7. The predicted molar refractivity (Wildman–Crippen MR) is 261 cm³/mol. The van der Waals surface area contributed by atoms with Crippen LogP contribution >= 0.6 is 0 Å². The molecule has 0 saturated carbocycles. The van der Waals surface area contributed by atoms with Crippen LogP contribution in [0.4, 0.5) is 0 Å². The number of unbranched alkanes of at least 4 members (excludes halogenated alkanes) is 32. The van der Waals surface area contributed by atoms with E-state index in [1.165, 1.54) is 173 Å². The van der Waals surface area contributed by atoms with E-state index >= 15 is 0 Å². The predicted octanol–water partition coefficient (Wildman–Crippen LogP) is 10.4. The van der Waals surface area contributed by atoms with Crippen LogP contribution in [0.25, 0.3) is 0 Å². The Labute approximate surface area is 392 Å². The molecule has 0 aliphatic carbocycles. The molecule has 0 bridgehead atoms. The van der Waals surface area contributed by atoms with Gasteiger partial charge in [0.25, 0.3) is 0 Å². The number of hydrogen-bond donors (Lipinski definition) is 8. The summed E-state index contributed by atoms with van der Waals surface area (Å²) in [7, 11) is 0. The maximum absolute atomic E-state index is 13.1. The topological polar surface area (TPSA) is 189 Å². The van der Waals surface area contributed by atoms with Crippen molar-refractivity contribution in [2.24, 2.45) is 0 Å². The monoisotopic (exact) mass is 914 g/mol. The van der Waals surface area contributed by atoms with Crippen LogP contribution < -0.4 is 5.32 Å². The molecular weight excluding hydrogens is 811 g/mol. The Morgan fingerprint density at radius 2 is 0.922 bits per heavy atom. The summed E-state index contributed by atoms with van der Waals surface area (Å²) < 4.78 is 11.1. The summed E-state index contributed by atoms with van der Waals surface area (Å²) >= 11 is 0. The Balaban J connectivity index is 2.35. The number of hydrogen-bond acceptors (Lipinski definition) is 10. The highest BCUT2D eigenvalue weighted by atomic mass is 16.7. The molecule has 1 aliphatic heterocycles. The molecule has 1 heterocycles. The number of carbonyl (C=O) groups excluding carboxylic acids is 1. The van der Waals surface area contributed by atoms with Crippen LogP contribution in [-0.2, 0) is 14.3 Å². The highest BCUT2D eigenvalue weighted by Crippen LogP contribution is 2.23. The molecule has 380 valence electrons. The first-order valence-electron chi connectivity index (χ1n) is 27.1. The molecule has 9 atom stereocenters. The third-order valence-electron chi connectivity index (χ3n) is 13.3. The molecule has 1 aliphatic rings. The first kappa shape index (κ1) is 60.9. The number of aliphatic hydroxyl groups excluding tert-OH is 7. The van der Waals surface area contributed by atoms with Crippen molar-refractivity contribution in [2.75, 3.05) is 13.2 Å². The first-order valence-corrected chi connectivity index (χ1v) is 27.1. The van der Waals surface area contributed by atoms with Crippen LogP contribution in [0.15, 0.2) is 12.2 Å². The summed E-state index contributed by atoms with van der Waals surface area (Å²) in [4.78, 5) is 13.1. The third-order valence-corrected chi connectivity index (χ3v) is 13.3. The zero-order valence-electron chi connectivity index (χ0n) is 41.3. The van der Waals surface area contributed by atoms with Gasteiger partial charge in [-0.2, -0.15) is 0 Å². The smallest absolute Gasteiger partial charge is 0.249 e. The van der Waals surface area contributed by atoms with E-state index in [2.05, 4.69) is 31.3 Å². The highest BCUT2D eigenvalue weighted by Gasteiger charge is 2.44. The second-order valence-electron chi connectivity index (χ2n) is 19.3. The van der Waals surface area contributed by atoms with E-state index in [1.807, 2.05) is 0 Å². The van der Waals surface area contributed by atoms with Gasteiger partial charge in [-0.1, -0.05) is 225 Å². The molecule has 0 aromatic rings. The van der Waals surface area contributed by atoms with Gasteiger partial charge in [0, 0.05) is 0 Å². The van der Waals surface area contributed by atoms with Crippen molar-refractivity contribution in [3.8, 4) is 0 Å². The lowest BCUT2D eigenvalue weighted by Gasteiger charge is -2.40. The van der Waals surface area contributed by atoms with Crippen LogP contribution in [0, 0.1) is 0 Å². The van der Waals surface area contributed by atoms with E-state index in [9.17, 15) is 40.5 Å². The molecule has 9 unspecified atom stereocenters. The van der Waals surface area contributed by atoms with E-state index in [-0.39, 0.29) is 12.8 Å². The maximum atomic E-state index is 13.1. The minimum Gasteiger partial charge on any atom is -0.394 e. The van der Waals surface area contributed by atoms with Crippen molar-refractivity contribution in [2.45, 2.75) is 306 Å². The molecule has 1 fully saturated rings. The van der Waals surface area contributed by atoms with E-state index in [0.717, 1.165) is 38.5 Å². The summed E-state index contributed by atoms with van der Waals surface area (Å²) in [6.45, 7) is 3.46. The zero-order chi connectivity index (χ0) is 46.9. The van der Waals surface area contributed by atoms with Crippen LogP contribution in [0.3, 0.4) is 0 Å². The lowest BCUT2D eigenvalue weighted by atomic mass is 9.98. The molecule has 8 N–H and O–H groups in total. The normalized spacial score (nSPS) is 21.0. The van der Waals surface area contributed by atoms with Crippen LogP contribution in [-0.4, -0.2) is 110 Å². The van der Waals surface area contributed by atoms with E-state index < -0.39 is 74.2 Å². The summed E-state index contributed by atoms with van der Waals surface area (Å²) in [6, 6.07) is -1.18. The van der Waals surface area contributed by atoms with Gasteiger partial charge in [0.2, 0.25) is 5.91 Å². The fraction of sp³-hybridized carbons (Fsp3) is 0.943. The third kappa shape index (κ3) is 31.8. The van der Waals surface area contributed by atoms with Gasteiger partial charge in [-0.15, -0.1) is 0 Å². The largest absolute Gasteiger partial charge is 0.394 e. The Hall–Kier alpha value is -1.15. The lowest BCUT2D eigenvalue weighted by Crippen LogP contribution is -2.60. The van der Waals surface area contributed by atoms with Crippen molar-refractivity contribution >= 4 is 5.91 Å². The van der Waals surface area contributed by atoms with Gasteiger partial charge in [-0.25, -0.2) is 0 Å². The van der Waals surface area contributed by atoms with Crippen LogP contribution in [0.1, 0.15) is 251 Å². The summed E-state index contributed by atoms with van der Waals surface area (Å²) in [5.41, 5.74) is 0. The summed E-state index contributed by atoms with van der Waals surface area (Å²) in [6.07, 6.45) is 37.0. The number of ether oxygens (including phenoxy) is 2. The number of allylic oxidation sites excluding steroid dienone is 2. The van der Waals surface area contributed by atoms with Gasteiger partial charge in [0.15, 0.2) is 6.29 Å². The van der Waals surface area contributed by atoms with Gasteiger partial charge < -0.3 is 50.5 Å². The SMILES string of the molecule is CCCCCCCCCCCCCCCCCCCC/C=C/CCCC(O)C(O)C(COC1OC(CO)C(O)C(O)C1O)NC(=O)C(O)CCCCCCCCCCCCCCCC. The second kappa shape index (κ2) is 43.2. The molecule has 64 heavy (non-hydrogen) atoms. The number of nitrogens with one attached hydrogen (secondary N) is 1. The average Bonchev–Trinajstić information content (AvgIpc) is 3.29. The first-order chi connectivity index (χ1) is 31.2. The molecule has 0 aromatic heterocycles. The minimum absolute atomic E-state index is 0.259. The van der Waals surface area contributed by atoms with Crippen molar-refractivity contribution in [1.82, 2.24) is 5.32 Å². The Kier molecular flexibility index (Phi) is 41.0. The van der Waals surface area contributed by atoms with Crippen molar-refractivity contribution in [3.63, 3.8) is 0 Å². The van der Waals surface area contributed by atoms with Crippen LogP contribution in [0.2, 0.25) is 0 Å². The van der Waals surface area contributed by atoms with E-state index in [0.29, 0.717) is 12.8 Å². The zero-order valence-corrected chi connectivity index (χ0v) is 41.3. The van der Waals surface area contributed by atoms with Gasteiger partial charge in [-0.3, -0.25) is 4.79 Å². The Morgan fingerprint density at radius 1 is 0.531 bits per heavy atom. The van der Waals surface area contributed by atoms with Crippen molar-refractivity contribution in [1.29, 1.82) is 0 Å². The number of amides is 1. The summed E-state index contributed by atoms with van der Waals surface area (Å²) in [5.74, 6) is -0.703. The Bertz CT molecular complexity index is 1050. The maximum Gasteiger partial charge on any atom is 0.249 e. The van der Waals surface area contributed by atoms with Crippen molar-refractivity contribution < 1.29 is 50.0 Å². The summed E-state index contributed by atoms with van der Waals surface area (Å²) in [5, 5.41) is 75.9. The van der Waals surface area contributed by atoms with Crippen molar-refractivity contribution in [3.05, 3.63) is 12.2 Å². The molecule has 1 saturated heterocycles. The fourth-order valence-electron chi connectivity index (χ4n) is 8.85. The number of rotatable bonds is 46. The standard InChI is InChI=1S/C53H103NO10/c1-3-5-7-9-11-13-15-17-19-20-21-22-23-24-25-26-27-29-30-32-34-36-38-40-45(56)48(58)44(43-63-53-51(61)50(60)49(59)47(42-55)64-53)54-52(62)46(57)41-39-37-35-33-31-28-18-16-14-12-10-8-6-4-2/h32,34,44-51,53,55-61H,3-31,33,35-43H2,1-2H3,(H,54,62)/b34-32+. The molecule has 0 radical (unpaired) electrons. The van der Waals surface area contributed by atoms with E-state index in [1.54, 1.807) is 0 Å². The molecule has 0 spiro atoms. The van der Waals surface area contributed by atoms with Crippen LogP contribution in [0.5, 0.6) is 0 Å². The van der Waals surface area contributed by atoms with Gasteiger partial charge in [0.1, 0.15) is 36.6 Å². The minimum atomic E-state index is -1.66. The molecule has 0 aromatic carbocycles. The second-order valence-corrected chi connectivity index (χ2v) is 19.3. The molecule has 1 amide bonds. The number of carbonyl (C=O) groups is 1. The lowest BCUT2D eigenvalue weighted by molar-refractivity contribution is -0.303. The molecular formula is C53H103NO10. The quantitative estimate of drug-likeness (QED) is 0.0216. The molecule has 11 nitrogen and oxygen atoms in total. The average molecular weight is 914 g/mol. The Morgan fingerprint density at radius 3 is 1.34 bits per heavy atom. The van der Waals surface area contributed by atoms with Gasteiger partial charge in [-0.05, 0) is 38.5 Å². The fourth-order valence-corrected chi connectivity index (χ4v) is 8.85. The highest BCUT2D eigenvalue weighted by molar-refractivity contribution is 5.80. The molecule has 1 rings (SSSR count). The van der Waals surface area contributed by atoms with Gasteiger partial charge >= 0.3 is 0 Å². The van der Waals surface area contributed by atoms with E-state index in [4.69, 9.17) is 9.47 Å². The molecule has 11 heteroatoms.